The third-order valence-corrected chi connectivity index (χ3v) is 7.98. The summed E-state index contributed by atoms with van der Waals surface area (Å²) in [6.07, 6.45) is 3.21. The van der Waals surface area contributed by atoms with Crippen molar-refractivity contribution in [1.82, 2.24) is 19.1 Å². The maximum Gasteiger partial charge on any atom is 0.320 e. The number of piperazine rings is 2. The fourth-order valence-corrected chi connectivity index (χ4v) is 5.65. The third-order valence-electron chi connectivity index (χ3n) is 5.77. The first-order valence-corrected chi connectivity index (χ1v) is 12.0. The molecule has 8 nitrogen and oxygen atoms in total. The van der Waals surface area contributed by atoms with Crippen molar-refractivity contribution >= 4 is 33.3 Å². The lowest BCUT2D eigenvalue weighted by atomic mass is 10.2. The van der Waals surface area contributed by atoms with Crippen LogP contribution in [0.5, 0.6) is 0 Å². The van der Waals surface area contributed by atoms with Crippen LogP contribution in [-0.4, -0.2) is 85.9 Å². The number of benzene rings is 1. The summed E-state index contributed by atoms with van der Waals surface area (Å²) >= 11 is 6.19. The van der Waals surface area contributed by atoms with Crippen LogP contribution in [0.2, 0.25) is 5.02 Å². The first-order chi connectivity index (χ1) is 15.7. The summed E-state index contributed by atoms with van der Waals surface area (Å²) in [5.74, 6) is -5.05. The lowest BCUT2D eigenvalue weighted by molar-refractivity contribution is 0.132. The zero-order valence-electron chi connectivity index (χ0n) is 17.4. The molecule has 2 amide bonds. The average molecular weight is 504 g/mol. The maximum atomic E-state index is 14.0. The molecule has 1 aromatic heterocycles. The second-order valence-corrected chi connectivity index (χ2v) is 9.96. The van der Waals surface area contributed by atoms with E-state index in [0.29, 0.717) is 43.3 Å². The Morgan fingerprint density at radius 1 is 0.879 bits per heavy atom. The Morgan fingerprint density at radius 2 is 1.48 bits per heavy atom. The largest absolute Gasteiger partial charge is 0.367 e. The van der Waals surface area contributed by atoms with E-state index in [1.54, 1.807) is 17.3 Å². The van der Waals surface area contributed by atoms with E-state index in [1.807, 2.05) is 6.07 Å². The van der Waals surface area contributed by atoms with Gasteiger partial charge in [-0.15, -0.1) is 0 Å². The monoisotopic (exact) mass is 503 g/mol. The molecule has 0 saturated carbocycles. The minimum Gasteiger partial charge on any atom is -0.367 e. The smallest absolute Gasteiger partial charge is 0.320 e. The number of carbonyl (C=O) groups is 1. The zero-order valence-corrected chi connectivity index (χ0v) is 19.0. The lowest BCUT2D eigenvalue weighted by Gasteiger charge is -2.41. The molecule has 0 radical (unpaired) electrons. The van der Waals surface area contributed by atoms with Crippen LogP contribution in [0, 0.1) is 17.5 Å². The number of sulfonamides is 1. The van der Waals surface area contributed by atoms with Crippen molar-refractivity contribution < 1.29 is 26.4 Å². The van der Waals surface area contributed by atoms with Crippen LogP contribution in [0.15, 0.2) is 35.5 Å². The summed E-state index contributed by atoms with van der Waals surface area (Å²) in [6, 6.07) is 2.88. The summed E-state index contributed by atoms with van der Waals surface area (Å²) in [5.41, 5.74) is 0.849. The van der Waals surface area contributed by atoms with E-state index in [0.717, 1.165) is 9.99 Å². The quantitative estimate of drug-likeness (QED) is 0.601. The molecule has 2 saturated heterocycles. The Balaban J connectivity index is 1.35. The molecule has 2 aliphatic rings. The number of halogens is 4. The third kappa shape index (κ3) is 4.59. The summed E-state index contributed by atoms with van der Waals surface area (Å²) < 4.78 is 67.1. The van der Waals surface area contributed by atoms with Crippen molar-refractivity contribution in [1.29, 1.82) is 0 Å². The number of rotatable bonds is 3. The number of amides is 2. The van der Waals surface area contributed by atoms with E-state index in [-0.39, 0.29) is 32.2 Å². The van der Waals surface area contributed by atoms with Crippen molar-refractivity contribution in [2.45, 2.75) is 4.90 Å². The van der Waals surface area contributed by atoms with Gasteiger partial charge in [0.05, 0.1) is 10.7 Å². The molecule has 2 aliphatic heterocycles. The molecule has 3 heterocycles. The molecule has 33 heavy (non-hydrogen) atoms. The van der Waals surface area contributed by atoms with Crippen molar-refractivity contribution in [3.8, 4) is 0 Å². The van der Waals surface area contributed by atoms with E-state index in [9.17, 15) is 26.4 Å². The van der Waals surface area contributed by atoms with Crippen LogP contribution in [-0.2, 0) is 10.0 Å². The number of anilines is 1. The molecule has 2 fully saturated rings. The van der Waals surface area contributed by atoms with E-state index in [4.69, 9.17) is 11.6 Å². The van der Waals surface area contributed by atoms with Crippen molar-refractivity contribution in [3.05, 3.63) is 53.1 Å². The van der Waals surface area contributed by atoms with E-state index in [2.05, 4.69) is 9.88 Å². The second-order valence-electron chi connectivity index (χ2n) is 7.65. The molecule has 1 aromatic carbocycles. The Bertz CT molecular complexity index is 1150. The Labute approximate surface area is 194 Å². The highest BCUT2D eigenvalue weighted by molar-refractivity contribution is 7.89. The molecule has 0 N–H and O–H groups in total. The Morgan fingerprint density at radius 3 is 2.09 bits per heavy atom. The molecular weight excluding hydrogens is 483 g/mol. The lowest BCUT2D eigenvalue weighted by Crippen LogP contribution is -2.57. The van der Waals surface area contributed by atoms with Gasteiger partial charge >= 0.3 is 6.03 Å². The van der Waals surface area contributed by atoms with Gasteiger partial charge in [-0.3, -0.25) is 4.98 Å². The molecule has 0 aliphatic carbocycles. The molecule has 4 rings (SSSR count). The van der Waals surface area contributed by atoms with Crippen molar-refractivity contribution in [2.24, 2.45) is 0 Å². The maximum absolute atomic E-state index is 14.0. The summed E-state index contributed by atoms with van der Waals surface area (Å²) in [5, 5.41) is 0.534. The number of carbonyl (C=O) groups excluding carboxylic acids is 1. The first-order valence-electron chi connectivity index (χ1n) is 10.2. The van der Waals surface area contributed by atoms with Gasteiger partial charge in [0, 0.05) is 64.8 Å². The number of hydrogen-bond acceptors (Lipinski definition) is 5. The molecule has 0 atom stereocenters. The molecular formula is C20H21ClF3N5O3S. The van der Waals surface area contributed by atoms with Crippen molar-refractivity contribution in [3.63, 3.8) is 0 Å². The predicted octanol–water partition coefficient (Wildman–Crippen LogP) is 2.40. The number of hydrogen-bond donors (Lipinski definition) is 0. The summed E-state index contributed by atoms with van der Waals surface area (Å²) in [6.45, 7) is 2.13. The second kappa shape index (κ2) is 9.35. The van der Waals surface area contributed by atoms with Gasteiger partial charge in [-0.25, -0.2) is 26.4 Å². The van der Waals surface area contributed by atoms with Crippen LogP contribution in [0.1, 0.15) is 0 Å². The van der Waals surface area contributed by atoms with Gasteiger partial charge in [0.25, 0.3) is 0 Å². The van der Waals surface area contributed by atoms with E-state index < -0.39 is 32.4 Å². The minimum atomic E-state index is -4.37. The molecule has 0 bridgehead atoms. The predicted molar refractivity (Wildman–Crippen MR) is 115 cm³/mol. The molecule has 0 unspecified atom stereocenters. The summed E-state index contributed by atoms with van der Waals surface area (Å²) in [7, 11) is -4.37. The number of nitrogens with zero attached hydrogens (tertiary/aromatic N) is 5. The fraction of sp³-hybridized carbons (Fsp3) is 0.400. The van der Waals surface area contributed by atoms with Crippen LogP contribution in [0.25, 0.3) is 0 Å². The summed E-state index contributed by atoms with van der Waals surface area (Å²) in [4.78, 5) is 21.2. The van der Waals surface area contributed by atoms with Gasteiger partial charge in [-0.05, 0) is 18.2 Å². The van der Waals surface area contributed by atoms with E-state index in [1.165, 1.54) is 4.90 Å². The molecule has 13 heteroatoms. The number of urea groups is 1. The highest BCUT2D eigenvalue weighted by Gasteiger charge is 2.35. The number of pyridine rings is 1. The van der Waals surface area contributed by atoms with Gasteiger partial charge in [-0.2, -0.15) is 4.31 Å². The zero-order chi connectivity index (χ0) is 23.8. The highest BCUT2D eigenvalue weighted by Crippen LogP contribution is 2.26. The van der Waals surface area contributed by atoms with Gasteiger partial charge in [-0.1, -0.05) is 11.6 Å². The van der Waals surface area contributed by atoms with Crippen molar-refractivity contribution in [2.75, 3.05) is 57.3 Å². The molecule has 178 valence electrons. The first kappa shape index (κ1) is 23.6. The van der Waals surface area contributed by atoms with Crippen LogP contribution in [0.4, 0.5) is 23.7 Å². The highest BCUT2D eigenvalue weighted by atomic mass is 35.5. The fourth-order valence-electron chi connectivity index (χ4n) is 3.93. The van der Waals surface area contributed by atoms with Gasteiger partial charge in [0.1, 0.15) is 4.90 Å². The standard InChI is InChI=1S/C20H21ClF3N5O3S/c21-14-13-25-4-3-16(14)26-5-7-27(8-6-26)20(30)28-9-11-29(12-10-28)33(31,32)17-2-1-15(22)18(23)19(17)24/h1-4,13H,5-12H2. The average Bonchev–Trinajstić information content (AvgIpc) is 2.82. The SMILES string of the molecule is O=C(N1CCN(c2ccncc2Cl)CC1)N1CCN(S(=O)(=O)c2ccc(F)c(F)c2F)CC1. The van der Waals surface area contributed by atoms with Gasteiger partial charge in [0.2, 0.25) is 10.0 Å². The van der Waals surface area contributed by atoms with Crippen LogP contribution < -0.4 is 4.90 Å². The van der Waals surface area contributed by atoms with Gasteiger partial charge < -0.3 is 14.7 Å². The topological polar surface area (TPSA) is 77.1 Å². The molecule has 2 aromatic rings. The normalized spacial score (nSPS) is 18.0. The van der Waals surface area contributed by atoms with Crippen LogP contribution in [0.3, 0.4) is 0 Å². The molecule has 0 spiro atoms. The van der Waals surface area contributed by atoms with Crippen LogP contribution >= 0.6 is 11.6 Å². The van der Waals surface area contributed by atoms with E-state index >= 15 is 0 Å². The Hall–Kier alpha value is -2.57. The Kier molecular flexibility index (Phi) is 6.68. The number of aromatic nitrogens is 1. The van der Waals surface area contributed by atoms with Gasteiger partial charge in [0.15, 0.2) is 17.5 Å². The minimum absolute atomic E-state index is 0.0842.